The molecule has 11 atom stereocenters. The summed E-state index contributed by atoms with van der Waals surface area (Å²) >= 11 is 0. The maximum Gasteiger partial charge on any atom is 0.308 e. The van der Waals surface area contributed by atoms with E-state index < -0.39 is 0 Å². The normalized spacial score (nSPS) is 46.6. The van der Waals surface area contributed by atoms with Crippen LogP contribution in [-0.2, 0) is 9.53 Å². The summed E-state index contributed by atoms with van der Waals surface area (Å²) in [4.78, 5) is 12.0. The van der Waals surface area contributed by atoms with Gasteiger partial charge in [0.05, 0.1) is 24.7 Å². The first-order valence-electron chi connectivity index (χ1n) is 14.1. The molecule has 0 heterocycles. The number of fused-ring (bicyclic) bond motifs is 5. The molecule has 4 fully saturated rings. The lowest BCUT2D eigenvalue weighted by Crippen LogP contribution is -2.58. The van der Waals surface area contributed by atoms with Crippen molar-refractivity contribution in [2.75, 3.05) is 6.61 Å². The van der Waals surface area contributed by atoms with Gasteiger partial charge < -0.3 is 14.9 Å². The molecule has 4 rings (SSSR count). The Morgan fingerprint density at radius 2 is 1.67 bits per heavy atom. The van der Waals surface area contributed by atoms with Crippen LogP contribution in [0.3, 0.4) is 0 Å². The fourth-order valence-electron chi connectivity index (χ4n) is 9.53. The summed E-state index contributed by atoms with van der Waals surface area (Å²) in [5.41, 5.74) is 0.642. The highest BCUT2D eigenvalue weighted by Gasteiger charge is 2.62. The van der Waals surface area contributed by atoms with Crippen LogP contribution in [0.15, 0.2) is 0 Å². The third kappa shape index (κ3) is 4.53. The van der Waals surface area contributed by atoms with Crippen molar-refractivity contribution in [3.05, 3.63) is 0 Å². The third-order valence-electron chi connectivity index (χ3n) is 11.4. The van der Waals surface area contributed by atoms with Crippen LogP contribution < -0.4 is 0 Å². The number of rotatable bonds is 7. The van der Waals surface area contributed by atoms with E-state index >= 15 is 0 Å². The van der Waals surface area contributed by atoms with Crippen molar-refractivity contribution in [2.45, 2.75) is 117 Å². The maximum atomic E-state index is 12.0. The topological polar surface area (TPSA) is 66.8 Å². The quantitative estimate of drug-likeness (QED) is 0.457. The molecule has 4 aliphatic carbocycles. The van der Waals surface area contributed by atoms with Crippen molar-refractivity contribution in [1.82, 2.24) is 0 Å². The molecule has 0 aromatic carbocycles. The predicted octanol–water partition coefficient (Wildman–Crippen LogP) is 5.98. The summed E-state index contributed by atoms with van der Waals surface area (Å²) in [6.45, 7) is 11.8. The van der Waals surface area contributed by atoms with E-state index in [1.165, 1.54) is 32.1 Å². The number of esters is 1. The van der Waals surface area contributed by atoms with Gasteiger partial charge in [-0.05, 0) is 111 Å². The zero-order valence-electron chi connectivity index (χ0n) is 21.9. The fraction of sp³-hybridized carbons (Fsp3) is 0.966. The van der Waals surface area contributed by atoms with E-state index in [0.29, 0.717) is 47.0 Å². The first-order valence-corrected chi connectivity index (χ1v) is 14.1. The molecule has 0 aromatic heterocycles. The smallest absolute Gasteiger partial charge is 0.308 e. The summed E-state index contributed by atoms with van der Waals surface area (Å²) in [5, 5.41) is 21.7. The van der Waals surface area contributed by atoms with Crippen LogP contribution >= 0.6 is 0 Å². The molecule has 0 radical (unpaired) electrons. The zero-order valence-corrected chi connectivity index (χ0v) is 21.9. The molecule has 4 aliphatic rings. The van der Waals surface area contributed by atoms with E-state index in [4.69, 9.17) is 4.74 Å². The van der Waals surface area contributed by atoms with Crippen LogP contribution in [0.5, 0.6) is 0 Å². The standard InChI is InChI=1S/C29H50O4/c1-6-33-27(32)19(3)9-7-8-18(2)22-10-11-23-26-24(13-15-29(22,23)5)28(4)14-12-21(30)16-20(28)17-25(26)31/h18-26,30-31H,6-17H2,1-5H3/t18-,19?,20+,21-,22-,23+,24+,25+,26+,28+,29-/m1/s1. The largest absolute Gasteiger partial charge is 0.466 e. The van der Waals surface area contributed by atoms with Gasteiger partial charge in [0.2, 0.25) is 0 Å². The van der Waals surface area contributed by atoms with Gasteiger partial charge in [-0.1, -0.05) is 40.5 Å². The van der Waals surface area contributed by atoms with E-state index in [2.05, 4.69) is 20.8 Å². The first kappa shape index (κ1) is 25.5. The van der Waals surface area contributed by atoms with Crippen LogP contribution in [0, 0.1) is 52.3 Å². The van der Waals surface area contributed by atoms with Gasteiger partial charge in [0.1, 0.15) is 0 Å². The number of hydrogen-bond donors (Lipinski definition) is 2. The van der Waals surface area contributed by atoms with E-state index in [1.807, 2.05) is 13.8 Å². The number of hydrogen-bond acceptors (Lipinski definition) is 4. The van der Waals surface area contributed by atoms with E-state index in [0.717, 1.165) is 44.4 Å². The predicted molar refractivity (Wildman–Crippen MR) is 131 cm³/mol. The number of aliphatic hydroxyl groups excluding tert-OH is 2. The van der Waals surface area contributed by atoms with Crippen LogP contribution in [0.2, 0.25) is 0 Å². The minimum Gasteiger partial charge on any atom is -0.466 e. The van der Waals surface area contributed by atoms with Gasteiger partial charge in [-0.25, -0.2) is 0 Å². The highest BCUT2D eigenvalue weighted by molar-refractivity contribution is 5.71. The molecule has 4 nitrogen and oxygen atoms in total. The van der Waals surface area contributed by atoms with Gasteiger partial charge in [-0.15, -0.1) is 0 Å². The van der Waals surface area contributed by atoms with E-state index in [-0.39, 0.29) is 24.1 Å². The van der Waals surface area contributed by atoms with Crippen molar-refractivity contribution < 1.29 is 19.7 Å². The Labute approximate surface area is 202 Å². The Hall–Kier alpha value is -0.610. The summed E-state index contributed by atoms with van der Waals surface area (Å²) in [6.07, 6.45) is 11.8. The summed E-state index contributed by atoms with van der Waals surface area (Å²) in [7, 11) is 0. The lowest BCUT2D eigenvalue weighted by atomic mass is 9.43. The molecule has 0 bridgehead atoms. The monoisotopic (exact) mass is 462 g/mol. The lowest BCUT2D eigenvalue weighted by Gasteiger charge is -2.62. The van der Waals surface area contributed by atoms with Gasteiger partial charge in [-0.2, -0.15) is 0 Å². The molecule has 0 aliphatic heterocycles. The summed E-state index contributed by atoms with van der Waals surface area (Å²) in [5.74, 6) is 3.54. The first-order chi connectivity index (χ1) is 15.6. The molecule has 4 heteroatoms. The minimum absolute atomic E-state index is 0.000380. The molecule has 0 spiro atoms. The summed E-state index contributed by atoms with van der Waals surface area (Å²) in [6, 6.07) is 0. The Morgan fingerprint density at radius 1 is 0.970 bits per heavy atom. The average Bonchev–Trinajstić information content (AvgIpc) is 3.12. The minimum atomic E-state index is -0.192. The van der Waals surface area contributed by atoms with Gasteiger partial charge in [0.25, 0.3) is 0 Å². The van der Waals surface area contributed by atoms with Crippen molar-refractivity contribution in [1.29, 1.82) is 0 Å². The second-order valence-electron chi connectivity index (χ2n) is 13.0. The second kappa shape index (κ2) is 9.80. The van der Waals surface area contributed by atoms with Gasteiger partial charge >= 0.3 is 5.97 Å². The highest BCUT2D eigenvalue weighted by atomic mass is 16.5. The molecule has 2 N–H and O–H groups in total. The highest BCUT2D eigenvalue weighted by Crippen LogP contribution is 2.68. The van der Waals surface area contributed by atoms with Crippen molar-refractivity contribution in [2.24, 2.45) is 52.3 Å². The Balaban J connectivity index is 1.41. The average molecular weight is 463 g/mol. The molecule has 33 heavy (non-hydrogen) atoms. The van der Waals surface area contributed by atoms with Crippen LogP contribution in [0.1, 0.15) is 105 Å². The third-order valence-corrected chi connectivity index (χ3v) is 11.4. The second-order valence-corrected chi connectivity index (χ2v) is 13.0. The maximum absolute atomic E-state index is 12.0. The van der Waals surface area contributed by atoms with Crippen LogP contribution in [0.4, 0.5) is 0 Å². The zero-order chi connectivity index (χ0) is 24.0. The molecular formula is C29H50O4. The number of carbonyl (C=O) groups is 1. The van der Waals surface area contributed by atoms with Gasteiger partial charge in [0, 0.05) is 0 Å². The van der Waals surface area contributed by atoms with E-state index in [9.17, 15) is 15.0 Å². The van der Waals surface area contributed by atoms with Crippen LogP contribution in [0.25, 0.3) is 0 Å². The Morgan fingerprint density at radius 3 is 2.39 bits per heavy atom. The lowest BCUT2D eigenvalue weighted by molar-refractivity contribution is -0.174. The summed E-state index contributed by atoms with van der Waals surface area (Å²) < 4.78 is 5.18. The van der Waals surface area contributed by atoms with Crippen LogP contribution in [-0.4, -0.2) is 35.0 Å². The fourth-order valence-corrected chi connectivity index (χ4v) is 9.53. The molecule has 0 aromatic rings. The molecule has 1 unspecified atom stereocenters. The van der Waals surface area contributed by atoms with Crippen molar-refractivity contribution in [3.8, 4) is 0 Å². The van der Waals surface area contributed by atoms with Gasteiger partial charge in [0.15, 0.2) is 0 Å². The molecule has 190 valence electrons. The number of ether oxygens (including phenoxy) is 1. The molecule has 0 saturated heterocycles. The van der Waals surface area contributed by atoms with Gasteiger partial charge in [-0.3, -0.25) is 4.79 Å². The number of aliphatic hydroxyl groups is 2. The molecular weight excluding hydrogens is 412 g/mol. The SMILES string of the molecule is CCOC(=O)C(C)CCC[C@@H](C)[C@H]1CC[C@H]2[C@@H]3[C@@H](O)C[C@@H]4C[C@H](O)CC[C@]4(C)[C@H]3CC[C@]12C. The Bertz CT molecular complexity index is 693. The number of carbonyl (C=O) groups excluding carboxylic acids is 1. The van der Waals surface area contributed by atoms with Crippen molar-refractivity contribution >= 4 is 5.97 Å². The molecule has 4 saturated carbocycles. The van der Waals surface area contributed by atoms with E-state index in [1.54, 1.807) is 0 Å². The molecule has 0 amide bonds. The Kier molecular flexibility index (Phi) is 7.57. The van der Waals surface area contributed by atoms with Crippen molar-refractivity contribution in [3.63, 3.8) is 0 Å².